The van der Waals surface area contributed by atoms with Crippen LogP contribution in [0.25, 0.3) is 11.0 Å². The molecular weight excluding hydrogens is 204 g/mol. The molecule has 0 atom stereocenters. The van der Waals surface area contributed by atoms with E-state index in [1.807, 2.05) is 24.3 Å². The van der Waals surface area contributed by atoms with E-state index in [0.717, 1.165) is 11.0 Å². The number of carbonyl (C=O) groups excluding carboxylic acids is 1. The topological polar surface area (TPSA) is 63.6 Å². The van der Waals surface area contributed by atoms with Crippen molar-refractivity contribution in [2.45, 2.75) is 0 Å². The molecule has 2 aromatic heterocycles. The molecule has 0 aliphatic heterocycles. The molecule has 0 radical (unpaired) electrons. The Hall–Kier alpha value is -2.43. The number of para-hydroxylation sites is 2. The van der Waals surface area contributed by atoms with Gasteiger partial charge in [0, 0.05) is 12.4 Å². The lowest BCUT2D eigenvalue weighted by Gasteiger charge is -1.98. The van der Waals surface area contributed by atoms with Crippen molar-refractivity contribution in [3.05, 3.63) is 48.8 Å². The highest BCUT2D eigenvalue weighted by atomic mass is 16.2. The fourth-order valence-corrected chi connectivity index (χ4v) is 1.62. The number of imidazole rings is 2. The van der Waals surface area contributed by atoms with Crippen molar-refractivity contribution in [3.63, 3.8) is 0 Å². The van der Waals surface area contributed by atoms with E-state index in [4.69, 9.17) is 0 Å². The Morgan fingerprint density at radius 3 is 2.94 bits per heavy atom. The highest BCUT2D eigenvalue weighted by Gasteiger charge is 2.13. The van der Waals surface area contributed by atoms with Crippen molar-refractivity contribution in [3.8, 4) is 0 Å². The van der Waals surface area contributed by atoms with Crippen LogP contribution in [0.2, 0.25) is 0 Å². The Balaban J connectivity index is 2.16. The predicted molar refractivity (Wildman–Crippen MR) is 58.0 cm³/mol. The third-order valence-corrected chi connectivity index (χ3v) is 2.37. The molecule has 0 spiro atoms. The van der Waals surface area contributed by atoms with Crippen LogP contribution < -0.4 is 0 Å². The van der Waals surface area contributed by atoms with E-state index in [0.29, 0.717) is 5.82 Å². The number of carbonyl (C=O) groups is 1. The summed E-state index contributed by atoms with van der Waals surface area (Å²) in [5.41, 5.74) is 1.58. The van der Waals surface area contributed by atoms with Crippen LogP contribution in [0.1, 0.15) is 10.6 Å². The molecule has 0 unspecified atom stereocenters. The van der Waals surface area contributed by atoms with E-state index in [9.17, 15) is 4.79 Å². The normalized spacial score (nSPS) is 10.8. The molecule has 0 aliphatic carbocycles. The van der Waals surface area contributed by atoms with Gasteiger partial charge in [-0.05, 0) is 12.1 Å². The van der Waals surface area contributed by atoms with Crippen molar-refractivity contribution in [2.24, 2.45) is 0 Å². The second-order valence-corrected chi connectivity index (χ2v) is 3.35. The highest BCUT2D eigenvalue weighted by molar-refractivity contribution is 5.98. The van der Waals surface area contributed by atoms with Crippen LogP contribution in [0.5, 0.6) is 0 Å². The standard InChI is InChI=1S/C11H8N4O/c16-11(10-12-5-6-13-10)15-7-14-8-3-1-2-4-9(8)15/h1-7H,(H,12,13). The van der Waals surface area contributed by atoms with E-state index in [-0.39, 0.29) is 5.91 Å². The predicted octanol–water partition coefficient (Wildman–Crippen LogP) is 1.45. The molecule has 0 amide bonds. The lowest BCUT2D eigenvalue weighted by Crippen LogP contribution is -2.12. The maximum atomic E-state index is 12.0. The van der Waals surface area contributed by atoms with Crippen molar-refractivity contribution in [1.29, 1.82) is 0 Å². The third-order valence-electron chi connectivity index (χ3n) is 2.37. The average molecular weight is 212 g/mol. The van der Waals surface area contributed by atoms with E-state index in [1.54, 1.807) is 12.4 Å². The smallest absolute Gasteiger partial charge is 0.299 e. The minimum Gasteiger partial charge on any atom is -0.341 e. The number of hydrogen-bond donors (Lipinski definition) is 1. The van der Waals surface area contributed by atoms with Crippen molar-refractivity contribution >= 4 is 16.9 Å². The molecule has 3 aromatic rings. The summed E-state index contributed by atoms with van der Waals surface area (Å²) in [4.78, 5) is 22.9. The first-order chi connectivity index (χ1) is 7.86. The van der Waals surface area contributed by atoms with Crippen LogP contribution in [0, 0.1) is 0 Å². The molecule has 0 saturated carbocycles. The minimum absolute atomic E-state index is 0.210. The molecule has 0 bridgehead atoms. The molecule has 0 saturated heterocycles. The summed E-state index contributed by atoms with van der Waals surface area (Å²) in [5.74, 6) is 0.0989. The van der Waals surface area contributed by atoms with E-state index >= 15 is 0 Å². The van der Waals surface area contributed by atoms with Crippen LogP contribution in [0.3, 0.4) is 0 Å². The number of hydrogen-bond acceptors (Lipinski definition) is 3. The van der Waals surface area contributed by atoms with Crippen molar-refractivity contribution < 1.29 is 4.79 Å². The largest absolute Gasteiger partial charge is 0.341 e. The second-order valence-electron chi connectivity index (χ2n) is 3.35. The Labute approximate surface area is 90.8 Å². The van der Waals surface area contributed by atoms with E-state index in [1.165, 1.54) is 10.9 Å². The van der Waals surface area contributed by atoms with Crippen LogP contribution >= 0.6 is 0 Å². The van der Waals surface area contributed by atoms with Gasteiger partial charge < -0.3 is 4.98 Å². The average Bonchev–Trinajstić information content (AvgIpc) is 2.98. The first-order valence-corrected chi connectivity index (χ1v) is 4.82. The molecule has 3 rings (SSSR count). The summed E-state index contributed by atoms with van der Waals surface area (Å²) in [6, 6.07) is 7.47. The maximum absolute atomic E-state index is 12.0. The van der Waals surface area contributed by atoms with E-state index in [2.05, 4.69) is 15.0 Å². The zero-order valence-electron chi connectivity index (χ0n) is 8.29. The van der Waals surface area contributed by atoms with Gasteiger partial charge in [-0.3, -0.25) is 9.36 Å². The van der Waals surface area contributed by atoms with Crippen LogP contribution in [-0.4, -0.2) is 25.4 Å². The Morgan fingerprint density at radius 2 is 2.12 bits per heavy atom. The van der Waals surface area contributed by atoms with Crippen LogP contribution in [-0.2, 0) is 0 Å². The molecule has 1 N–H and O–H groups in total. The monoisotopic (exact) mass is 212 g/mol. The second kappa shape index (κ2) is 3.30. The quantitative estimate of drug-likeness (QED) is 0.664. The van der Waals surface area contributed by atoms with E-state index < -0.39 is 0 Å². The highest BCUT2D eigenvalue weighted by Crippen LogP contribution is 2.12. The molecule has 1 aromatic carbocycles. The summed E-state index contributed by atoms with van der Waals surface area (Å²) in [6.07, 6.45) is 4.67. The molecule has 5 heteroatoms. The van der Waals surface area contributed by atoms with Gasteiger partial charge >= 0.3 is 0 Å². The number of H-pyrrole nitrogens is 1. The van der Waals surface area contributed by atoms with Gasteiger partial charge in [-0.25, -0.2) is 9.97 Å². The molecule has 5 nitrogen and oxygen atoms in total. The van der Waals surface area contributed by atoms with Gasteiger partial charge in [-0.15, -0.1) is 0 Å². The van der Waals surface area contributed by atoms with Crippen LogP contribution in [0.4, 0.5) is 0 Å². The summed E-state index contributed by atoms with van der Waals surface area (Å²) in [7, 11) is 0. The zero-order valence-corrected chi connectivity index (χ0v) is 8.29. The van der Waals surface area contributed by atoms with Gasteiger partial charge in [0.15, 0.2) is 5.82 Å². The number of nitrogens with one attached hydrogen (secondary N) is 1. The SMILES string of the molecule is O=C(c1ncc[nH]1)n1cnc2ccccc21. The molecule has 0 fully saturated rings. The van der Waals surface area contributed by atoms with Gasteiger partial charge in [-0.2, -0.15) is 0 Å². The lowest BCUT2D eigenvalue weighted by atomic mass is 10.3. The van der Waals surface area contributed by atoms with Gasteiger partial charge in [0.1, 0.15) is 6.33 Å². The number of aromatic nitrogens is 4. The molecule has 16 heavy (non-hydrogen) atoms. The molecule has 78 valence electrons. The number of rotatable bonds is 1. The molecule has 0 aliphatic rings. The summed E-state index contributed by atoms with van der Waals surface area (Å²) >= 11 is 0. The van der Waals surface area contributed by atoms with Gasteiger partial charge in [0.05, 0.1) is 11.0 Å². The third kappa shape index (κ3) is 1.22. The fourth-order valence-electron chi connectivity index (χ4n) is 1.62. The Kier molecular flexibility index (Phi) is 1.83. The summed E-state index contributed by atoms with van der Waals surface area (Å²) in [5, 5.41) is 0. The molecular formula is C11H8N4O. The van der Waals surface area contributed by atoms with Crippen molar-refractivity contribution in [2.75, 3.05) is 0 Å². The fraction of sp³-hybridized carbons (Fsp3) is 0. The van der Waals surface area contributed by atoms with Gasteiger partial charge in [0.2, 0.25) is 0 Å². The van der Waals surface area contributed by atoms with Crippen LogP contribution in [0.15, 0.2) is 43.0 Å². The van der Waals surface area contributed by atoms with Gasteiger partial charge in [-0.1, -0.05) is 12.1 Å². The zero-order chi connectivity index (χ0) is 11.0. The van der Waals surface area contributed by atoms with Crippen molar-refractivity contribution in [1.82, 2.24) is 19.5 Å². The number of benzene rings is 1. The summed E-state index contributed by atoms with van der Waals surface area (Å²) in [6.45, 7) is 0. The maximum Gasteiger partial charge on any atom is 0.299 e. The lowest BCUT2D eigenvalue weighted by molar-refractivity contribution is 0.0955. The minimum atomic E-state index is -0.210. The summed E-state index contributed by atoms with van der Waals surface area (Å²) < 4.78 is 1.48. The number of aromatic amines is 1. The first-order valence-electron chi connectivity index (χ1n) is 4.82. The Morgan fingerprint density at radius 1 is 1.25 bits per heavy atom. The number of fused-ring (bicyclic) bond motifs is 1. The number of nitrogens with zero attached hydrogens (tertiary/aromatic N) is 3. The van der Waals surface area contributed by atoms with Gasteiger partial charge in [0.25, 0.3) is 5.91 Å². The Bertz CT molecular complexity index is 639. The first kappa shape index (κ1) is 8.84. The molecule has 2 heterocycles.